The van der Waals surface area contributed by atoms with E-state index in [1.807, 2.05) is 0 Å². The number of hydrogen-bond donors (Lipinski definition) is 0. The molecular weight excluding hydrogens is 286 g/mol. The third-order valence-corrected chi connectivity index (χ3v) is 5.82. The first kappa shape index (κ1) is 16.5. The number of halogens is 1. The van der Waals surface area contributed by atoms with E-state index in [2.05, 4.69) is 48.5 Å². The molecule has 1 saturated heterocycles. The SMILES string of the molecule is CCCC(CBr)(CCC)CN1CC(C)CCC1C. The molecule has 2 atom stereocenters. The number of rotatable bonds is 7. The molecule has 18 heavy (non-hydrogen) atoms. The molecule has 2 unspecified atom stereocenters. The number of likely N-dealkylation sites (tertiary alicyclic amines) is 1. The molecule has 1 rings (SSSR count). The van der Waals surface area contributed by atoms with Crippen LogP contribution < -0.4 is 0 Å². The quantitative estimate of drug-likeness (QED) is 0.591. The Morgan fingerprint density at radius 3 is 2.22 bits per heavy atom. The van der Waals surface area contributed by atoms with Gasteiger partial charge in [0.1, 0.15) is 0 Å². The van der Waals surface area contributed by atoms with Crippen LogP contribution in [0, 0.1) is 11.3 Å². The van der Waals surface area contributed by atoms with E-state index in [1.54, 1.807) is 0 Å². The van der Waals surface area contributed by atoms with Crippen LogP contribution in [-0.4, -0.2) is 29.4 Å². The third kappa shape index (κ3) is 4.52. The van der Waals surface area contributed by atoms with Crippen molar-refractivity contribution >= 4 is 15.9 Å². The highest BCUT2D eigenvalue weighted by Gasteiger charge is 2.33. The summed E-state index contributed by atoms with van der Waals surface area (Å²) in [6, 6.07) is 0.785. The Kier molecular flexibility index (Phi) is 7.23. The van der Waals surface area contributed by atoms with Gasteiger partial charge in [-0.15, -0.1) is 0 Å². The molecule has 0 aromatic heterocycles. The van der Waals surface area contributed by atoms with E-state index in [1.165, 1.54) is 56.9 Å². The summed E-state index contributed by atoms with van der Waals surface area (Å²) >= 11 is 3.81. The van der Waals surface area contributed by atoms with Crippen molar-refractivity contribution in [3.05, 3.63) is 0 Å². The van der Waals surface area contributed by atoms with Crippen LogP contribution in [0.5, 0.6) is 0 Å². The Morgan fingerprint density at radius 2 is 1.72 bits per heavy atom. The predicted molar refractivity (Wildman–Crippen MR) is 85.5 cm³/mol. The van der Waals surface area contributed by atoms with Gasteiger partial charge in [-0.05, 0) is 43.9 Å². The van der Waals surface area contributed by atoms with Crippen molar-refractivity contribution in [2.24, 2.45) is 11.3 Å². The van der Waals surface area contributed by atoms with Gasteiger partial charge in [-0.3, -0.25) is 4.90 Å². The van der Waals surface area contributed by atoms with Gasteiger partial charge < -0.3 is 0 Å². The molecule has 1 heterocycles. The number of alkyl halides is 1. The fourth-order valence-electron chi connectivity index (χ4n) is 3.55. The maximum Gasteiger partial charge on any atom is 0.0100 e. The Labute approximate surface area is 123 Å². The Hall–Kier alpha value is 0.440. The van der Waals surface area contributed by atoms with E-state index in [4.69, 9.17) is 0 Å². The Bertz CT molecular complexity index is 223. The molecule has 0 spiro atoms. The van der Waals surface area contributed by atoms with Crippen LogP contribution in [0.2, 0.25) is 0 Å². The van der Waals surface area contributed by atoms with Gasteiger partial charge in [0.05, 0.1) is 0 Å². The summed E-state index contributed by atoms with van der Waals surface area (Å²) in [6.07, 6.45) is 8.15. The second-order valence-electron chi connectivity index (χ2n) is 6.59. The first-order valence-electron chi connectivity index (χ1n) is 7.87. The fraction of sp³-hybridized carbons (Fsp3) is 1.00. The largest absolute Gasteiger partial charge is 0.300 e. The summed E-state index contributed by atoms with van der Waals surface area (Å²) in [7, 11) is 0. The summed E-state index contributed by atoms with van der Waals surface area (Å²) in [5, 5.41) is 1.17. The van der Waals surface area contributed by atoms with Crippen LogP contribution >= 0.6 is 15.9 Å². The second-order valence-corrected chi connectivity index (χ2v) is 7.16. The van der Waals surface area contributed by atoms with E-state index in [0.717, 1.165) is 12.0 Å². The average Bonchev–Trinajstić information content (AvgIpc) is 2.34. The first-order valence-corrected chi connectivity index (χ1v) is 8.99. The molecule has 0 N–H and O–H groups in total. The third-order valence-electron chi connectivity index (χ3n) is 4.63. The predicted octanol–water partition coefficient (Wildman–Crippen LogP) is 5.09. The molecule has 1 aliphatic rings. The van der Waals surface area contributed by atoms with Crippen molar-refractivity contribution in [1.29, 1.82) is 0 Å². The van der Waals surface area contributed by atoms with E-state index in [0.29, 0.717) is 5.41 Å². The average molecular weight is 318 g/mol. The second kappa shape index (κ2) is 7.89. The van der Waals surface area contributed by atoms with Gasteiger partial charge in [-0.25, -0.2) is 0 Å². The van der Waals surface area contributed by atoms with Gasteiger partial charge in [0, 0.05) is 24.5 Å². The molecule has 0 aromatic rings. The highest BCUT2D eigenvalue weighted by Crippen LogP contribution is 2.35. The van der Waals surface area contributed by atoms with Crippen LogP contribution in [0.4, 0.5) is 0 Å². The summed E-state index contributed by atoms with van der Waals surface area (Å²) in [5.74, 6) is 0.887. The number of piperidine rings is 1. The molecule has 0 aliphatic carbocycles. The summed E-state index contributed by atoms with van der Waals surface area (Å²) in [4.78, 5) is 2.76. The maximum absolute atomic E-state index is 3.81. The van der Waals surface area contributed by atoms with Crippen molar-refractivity contribution in [3.63, 3.8) is 0 Å². The lowest BCUT2D eigenvalue weighted by Gasteiger charge is -2.43. The van der Waals surface area contributed by atoms with Crippen LogP contribution in [0.3, 0.4) is 0 Å². The maximum atomic E-state index is 3.81. The van der Waals surface area contributed by atoms with E-state index in [9.17, 15) is 0 Å². The van der Waals surface area contributed by atoms with E-state index < -0.39 is 0 Å². The smallest absolute Gasteiger partial charge is 0.0100 e. The zero-order valence-electron chi connectivity index (χ0n) is 12.8. The first-order chi connectivity index (χ1) is 8.56. The minimum atomic E-state index is 0.509. The molecule has 1 fully saturated rings. The van der Waals surface area contributed by atoms with Gasteiger partial charge in [0.25, 0.3) is 0 Å². The molecule has 2 heteroatoms. The summed E-state index contributed by atoms with van der Waals surface area (Å²) in [6.45, 7) is 12.1. The molecule has 0 amide bonds. The fourth-order valence-corrected chi connectivity index (χ4v) is 4.29. The summed E-state index contributed by atoms with van der Waals surface area (Å²) < 4.78 is 0. The standard InChI is InChI=1S/C16H32BrN/c1-5-9-16(12-17,10-6-2)13-18-11-14(3)7-8-15(18)4/h14-15H,5-13H2,1-4H3. The molecule has 1 nitrogen and oxygen atoms in total. The molecule has 0 saturated carbocycles. The highest BCUT2D eigenvalue weighted by molar-refractivity contribution is 9.09. The lowest BCUT2D eigenvalue weighted by molar-refractivity contribution is 0.0670. The van der Waals surface area contributed by atoms with E-state index >= 15 is 0 Å². The summed E-state index contributed by atoms with van der Waals surface area (Å²) in [5.41, 5.74) is 0.509. The Morgan fingerprint density at radius 1 is 1.11 bits per heavy atom. The minimum absolute atomic E-state index is 0.509. The van der Waals surface area contributed by atoms with Gasteiger partial charge in [-0.1, -0.05) is 49.5 Å². The monoisotopic (exact) mass is 317 g/mol. The number of nitrogens with zero attached hydrogens (tertiary/aromatic N) is 1. The lowest BCUT2D eigenvalue weighted by atomic mass is 9.79. The van der Waals surface area contributed by atoms with Crippen molar-refractivity contribution < 1.29 is 0 Å². The topological polar surface area (TPSA) is 3.24 Å². The van der Waals surface area contributed by atoms with Crippen molar-refractivity contribution in [3.8, 4) is 0 Å². The zero-order chi connectivity index (χ0) is 13.6. The van der Waals surface area contributed by atoms with Crippen LogP contribution in [0.25, 0.3) is 0 Å². The van der Waals surface area contributed by atoms with Crippen LogP contribution in [0.1, 0.15) is 66.2 Å². The zero-order valence-corrected chi connectivity index (χ0v) is 14.4. The molecule has 108 valence electrons. The van der Waals surface area contributed by atoms with Gasteiger partial charge in [0.15, 0.2) is 0 Å². The molecular formula is C16H32BrN. The number of hydrogen-bond acceptors (Lipinski definition) is 1. The lowest BCUT2D eigenvalue weighted by Crippen LogP contribution is -2.47. The van der Waals surface area contributed by atoms with Gasteiger partial charge >= 0.3 is 0 Å². The normalized spacial score (nSPS) is 26.5. The molecule has 0 radical (unpaired) electrons. The van der Waals surface area contributed by atoms with Gasteiger partial charge in [0.2, 0.25) is 0 Å². The van der Waals surface area contributed by atoms with Crippen LogP contribution in [-0.2, 0) is 0 Å². The Balaban J connectivity index is 2.68. The molecule has 0 bridgehead atoms. The van der Waals surface area contributed by atoms with Crippen LogP contribution in [0.15, 0.2) is 0 Å². The van der Waals surface area contributed by atoms with Crippen molar-refractivity contribution in [2.45, 2.75) is 72.3 Å². The van der Waals surface area contributed by atoms with Crippen molar-refractivity contribution in [2.75, 3.05) is 18.4 Å². The minimum Gasteiger partial charge on any atom is -0.300 e. The highest BCUT2D eigenvalue weighted by atomic mass is 79.9. The molecule has 1 aliphatic heterocycles. The van der Waals surface area contributed by atoms with Crippen molar-refractivity contribution in [1.82, 2.24) is 4.90 Å². The van der Waals surface area contributed by atoms with Gasteiger partial charge in [-0.2, -0.15) is 0 Å². The van der Waals surface area contributed by atoms with E-state index in [-0.39, 0.29) is 0 Å². The molecule has 0 aromatic carbocycles.